The Balaban J connectivity index is 1.68. The Labute approximate surface area is 224 Å². The van der Waals surface area contributed by atoms with Crippen LogP contribution in [0.25, 0.3) is 17.4 Å². The molecule has 3 heterocycles. The maximum Gasteiger partial charge on any atom is 0.338 e. The van der Waals surface area contributed by atoms with Crippen LogP contribution in [0.5, 0.6) is 5.75 Å². The standard InChI is InChI=1S/C30H28N2O5S/c1-5-35-29(34)26-19(4)31-30-32(27(26)22-13-9-10-14-24(22)36-18(2)3)28(33)25(38-30)17-21-15-16-23(37-21)20-11-7-6-8-12-20/h6-18,27H,5H2,1-4H3/b25-17-. The van der Waals surface area contributed by atoms with Crippen LogP contribution in [-0.4, -0.2) is 23.2 Å². The van der Waals surface area contributed by atoms with E-state index in [-0.39, 0.29) is 18.3 Å². The van der Waals surface area contributed by atoms with Gasteiger partial charge in [-0.05, 0) is 45.9 Å². The lowest BCUT2D eigenvalue weighted by atomic mass is 9.95. The molecule has 0 N–H and O–H groups in total. The molecule has 0 radical (unpaired) electrons. The second-order valence-electron chi connectivity index (χ2n) is 9.07. The fourth-order valence-electron chi connectivity index (χ4n) is 4.47. The molecule has 0 bridgehead atoms. The lowest BCUT2D eigenvalue weighted by Gasteiger charge is -2.26. The zero-order valence-electron chi connectivity index (χ0n) is 21.6. The first-order valence-electron chi connectivity index (χ1n) is 12.5. The summed E-state index contributed by atoms with van der Waals surface area (Å²) in [6, 6.07) is 20.2. The van der Waals surface area contributed by atoms with Crippen molar-refractivity contribution in [3.8, 4) is 17.1 Å². The second kappa shape index (κ2) is 10.7. The van der Waals surface area contributed by atoms with Crippen LogP contribution >= 0.6 is 11.3 Å². The highest BCUT2D eigenvalue weighted by Crippen LogP contribution is 2.36. The first kappa shape index (κ1) is 25.5. The van der Waals surface area contributed by atoms with Gasteiger partial charge in [0.1, 0.15) is 23.3 Å². The molecule has 0 saturated heterocycles. The minimum atomic E-state index is -0.751. The molecule has 2 aromatic carbocycles. The smallest absolute Gasteiger partial charge is 0.338 e. The summed E-state index contributed by atoms with van der Waals surface area (Å²) >= 11 is 1.25. The average molecular weight is 529 g/mol. The van der Waals surface area contributed by atoms with Crippen LogP contribution < -0.4 is 19.6 Å². The zero-order chi connectivity index (χ0) is 26.8. The molecule has 1 aliphatic rings. The molecule has 8 heteroatoms. The molecule has 0 fully saturated rings. The van der Waals surface area contributed by atoms with Gasteiger partial charge in [-0.25, -0.2) is 9.79 Å². The maximum atomic E-state index is 13.9. The Hall–Kier alpha value is -4.17. The first-order chi connectivity index (χ1) is 18.4. The zero-order valence-corrected chi connectivity index (χ0v) is 22.5. The number of aromatic nitrogens is 1. The highest BCUT2D eigenvalue weighted by atomic mass is 32.1. The Bertz CT molecular complexity index is 1690. The number of carbonyl (C=O) groups is 1. The SMILES string of the molecule is CCOC(=O)C1=C(C)N=c2s/c(=C\c3ccc(-c4ccccc4)o3)c(=O)n2C1c1ccccc1OC(C)C. The van der Waals surface area contributed by atoms with Gasteiger partial charge in [0, 0.05) is 17.2 Å². The number of nitrogens with zero attached hydrogens (tertiary/aromatic N) is 2. The minimum absolute atomic E-state index is 0.0964. The van der Waals surface area contributed by atoms with Gasteiger partial charge in [-0.1, -0.05) is 59.9 Å². The van der Waals surface area contributed by atoms with E-state index < -0.39 is 12.0 Å². The van der Waals surface area contributed by atoms with Gasteiger partial charge in [0.05, 0.1) is 28.5 Å². The summed E-state index contributed by atoms with van der Waals surface area (Å²) in [4.78, 5) is 32.2. The molecule has 0 saturated carbocycles. The van der Waals surface area contributed by atoms with Crippen LogP contribution in [0.4, 0.5) is 0 Å². The lowest BCUT2D eigenvalue weighted by molar-refractivity contribution is -0.139. The highest BCUT2D eigenvalue weighted by molar-refractivity contribution is 7.07. The molecule has 194 valence electrons. The normalized spacial score (nSPS) is 15.4. The van der Waals surface area contributed by atoms with Gasteiger partial charge in [0.2, 0.25) is 0 Å². The Morgan fingerprint density at radius 3 is 2.58 bits per heavy atom. The quantitative estimate of drug-likeness (QED) is 0.321. The number of hydrogen-bond acceptors (Lipinski definition) is 7. The second-order valence-corrected chi connectivity index (χ2v) is 10.1. The predicted molar refractivity (Wildman–Crippen MR) is 147 cm³/mol. The van der Waals surface area contributed by atoms with Crippen LogP contribution in [0.15, 0.2) is 92.2 Å². The molecular weight excluding hydrogens is 500 g/mol. The lowest BCUT2D eigenvalue weighted by Crippen LogP contribution is -2.40. The van der Waals surface area contributed by atoms with Gasteiger partial charge in [0.25, 0.3) is 5.56 Å². The summed E-state index contributed by atoms with van der Waals surface area (Å²) in [6.07, 6.45) is 1.62. The number of fused-ring (bicyclic) bond motifs is 1. The van der Waals surface area contributed by atoms with Crippen molar-refractivity contribution in [2.75, 3.05) is 6.61 Å². The number of esters is 1. The third kappa shape index (κ3) is 4.87. The summed E-state index contributed by atoms with van der Waals surface area (Å²) < 4.78 is 19.5. The number of allylic oxidation sites excluding steroid dienone is 1. The van der Waals surface area contributed by atoms with Crippen LogP contribution in [-0.2, 0) is 9.53 Å². The summed E-state index contributed by atoms with van der Waals surface area (Å²) in [5.74, 6) is 1.35. The van der Waals surface area contributed by atoms with Gasteiger partial charge in [-0.3, -0.25) is 9.36 Å². The van der Waals surface area contributed by atoms with Crippen molar-refractivity contribution in [1.29, 1.82) is 0 Å². The van der Waals surface area contributed by atoms with Crippen molar-refractivity contribution in [3.63, 3.8) is 0 Å². The Kier molecular flexibility index (Phi) is 7.15. The van der Waals surface area contributed by atoms with E-state index in [2.05, 4.69) is 4.99 Å². The molecule has 4 aromatic rings. The fraction of sp³-hybridized carbons (Fsp3) is 0.233. The minimum Gasteiger partial charge on any atom is -0.491 e. The van der Waals surface area contributed by atoms with Gasteiger partial charge in [0.15, 0.2) is 4.80 Å². The van der Waals surface area contributed by atoms with E-state index in [1.807, 2.05) is 80.6 Å². The number of para-hydroxylation sites is 1. The molecule has 38 heavy (non-hydrogen) atoms. The van der Waals surface area contributed by atoms with Crippen molar-refractivity contribution < 1.29 is 18.7 Å². The maximum absolute atomic E-state index is 13.9. The largest absolute Gasteiger partial charge is 0.491 e. The van der Waals surface area contributed by atoms with Gasteiger partial charge in [-0.15, -0.1) is 0 Å². The highest BCUT2D eigenvalue weighted by Gasteiger charge is 2.35. The Morgan fingerprint density at radius 2 is 1.84 bits per heavy atom. The number of hydrogen-bond donors (Lipinski definition) is 0. The van der Waals surface area contributed by atoms with Gasteiger partial charge >= 0.3 is 5.97 Å². The first-order valence-corrected chi connectivity index (χ1v) is 13.3. The van der Waals surface area contributed by atoms with Crippen molar-refractivity contribution in [1.82, 2.24) is 4.57 Å². The van der Waals surface area contributed by atoms with Crippen LogP contribution in [0.1, 0.15) is 45.1 Å². The molecule has 2 aromatic heterocycles. The molecule has 1 aliphatic heterocycles. The third-order valence-corrected chi connectivity index (χ3v) is 7.03. The monoisotopic (exact) mass is 528 g/mol. The van der Waals surface area contributed by atoms with Gasteiger partial charge < -0.3 is 13.9 Å². The summed E-state index contributed by atoms with van der Waals surface area (Å²) in [5.41, 5.74) is 2.19. The number of furan rings is 1. The number of benzene rings is 2. The van der Waals surface area contributed by atoms with E-state index >= 15 is 0 Å². The molecule has 7 nitrogen and oxygen atoms in total. The average Bonchev–Trinajstić information content (AvgIpc) is 3.48. The molecule has 0 amide bonds. The third-order valence-electron chi connectivity index (χ3n) is 6.05. The molecule has 0 spiro atoms. The van der Waals surface area contributed by atoms with Crippen LogP contribution in [0.2, 0.25) is 0 Å². The fourth-order valence-corrected chi connectivity index (χ4v) is 5.50. The molecular formula is C30H28N2O5S. The number of rotatable bonds is 7. The predicted octanol–water partition coefficient (Wildman–Crippen LogP) is 4.85. The van der Waals surface area contributed by atoms with Crippen molar-refractivity contribution in [2.45, 2.75) is 39.8 Å². The van der Waals surface area contributed by atoms with Crippen molar-refractivity contribution in [3.05, 3.63) is 109 Å². The number of ether oxygens (including phenoxy) is 2. The van der Waals surface area contributed by atoms with E-state index in [1.54, 1.807) is 24.5 Å². The van der Waals surface area contributed by atoms with E-state index in [4.69, 9.17) is 13.9 Å². The topological polar surface area (TPSA) is 83.0 Å². The number of thiazole rings is 1. The van der Waals surface area contributed by atoms with Crippen molar-refractivity contribution in [2.24, 2.45) is 4.99 Å². The molecule has 1 atom stereocenters. The summed E-state index contributed by atoms with van der Waals surface area (Å²) in [6.45, 7) is 7.59. The van der Waals surface area contributed by atoms with Crippen LogP contribution in [0.3, 0.4) is 0 Å². The van der Waals surface area contributed by atoms with Crippen LogP contribution in [0, 0.1) is 0 Å². The van der Waals surface area contributed by atoms with E-state index in [1.165, 1.54) is 11.3 Å². The van der Waals surface area contributed by atoms with E-state index in [0.29, 0.717) is 43.4 Å². The summed E-state index contributed by atoms with van der Waals surface area (Å²) in [7, 11) is 0. The molecule has 0 aliphatic carbocycles. The molecule has 5 rings (SSSR count). The Morgan fingerprint density at radius 1 is 1.11 bits per heavy atom. The van der Waals surface area contributed by atoms with E-state index in [9.17, 15) is 9.59 Å². The van der Waals surface area contributed by atoms with Gasteiger partial charge in [-0.2, -0.15) is 0 Å². The molecule has 1 unspecified atom stereocenters. The summed E-state index contributed by atoms with van der Waals surface area (Å²) in [5, 5.41) is 0. The van der Waals surface area contributed by atoms with Crippen molar-refractivity contribution >= 4 is 23.4 Å². The number of carbonyl (C=O) groups excluding carboxylic acids is 1. The van der Waals surface area contributed by atoms with E-state index in [0.717, 1.165) is 5.56 Å².